The molecule has 3 aliphatic heterocycles. The molecule has 200 valence electrons. The first kappa shape index (κ1) is 27.9. The molecule has 3 heterocycles. The van der Waals surface area contributed by atoms with Crippen LogP contribution in [0.5, 0.6) is 0 Å². The van der Waals surface area contributed by atoms with Crippen molar-refractivity contribution < 1.29 is 79.9 Å². The van der Waals surface area contributed by atoms with Crippen molar-refractivity contribution in [1.82, 2.24) is 0 Å². The summed E-state index contributed by atoms with van der Waals surface area (Å²) in [5.41, 5.74) is 0. The van der Waals surface area contributed by atoms with Crippen LogP contribution >= 0.6 is 0 Å². The summed E-state index contributed by atoms with van der Waals surface area (Å²) in [7, 11) is 0. The number of ether oxygens (including phenoxy) is 5. The van der Waals surface area contributed by atoms with Crippen molar-refractivity contribution in [3.63, 3.8) is 0 Å². The predicted octanol–water partition coefficient (Wildman–Crippen LogP) is -7.57. The molecule has 0 aromatic rings. The first-order valence-corrected chi connectivity index (χ1v) is 10.6. The van der Waals surface area contributed by atoms with Gasteiger partial charge in [0.15, 0.2) is 18.9 Å². The van der Waals surface area contributed by atoms with Crippen molar-refractivity contribution in [3.05, 3.63) is 0 Å². The van der Waals surface area contributed by atoms with Gasteiger partial charge in [-0.2, -0.15) is 0 Å². The summed E-state index contributed by atoms with van der Waals surface area (Å²) in [4.78, 5) is 0. The van der Waals surface area contributed by atoms with Gasteiger partial charge in [0.1, 0.15) is 73.2 Å². The van der Waals surface area contributed by atoms with Gasteiger partial charge in [0, 0.05) is 0 Å². The van der Waals surface area contributed by atoms with Crippen molar-refractivity contribution in [3.8, 4) is 0 Å². The lowest BCUT2D eigenvalue weighted by Crippen LogP contribution is -2.64. The van der Waals surface area contributed by atoms with Crippen LogP contribution < -0.4 is 0 Å². The standard InChI is InChI=1S/C18H32O16/c19-1-4-7(21)10(24)13(27)16(31-4)30-3-6-9(23)12(26)15(29)18(33-6)34-17-14(28)11(25)8(22)5(2-20)32-17/h4-29H,1-3H2. The molecule has 3 rings (SSSR count). The molecule has 0 spiro atoms. The zero-order valence-electron chi connectivity index (χ0n) is 17.7. The molecule has 0 radical (unpaired) electrons. The molecule has 34 heavy (non-hydrogen) atoms. The number of aliphatic hydroxyl groups is 11. The molecule has 15 unspecified atom stereocenters. The van der Waals surface area contributed by atoms with Gasteiger partial charge in [-0.3, -0.25) is 0 Å². The lowest BCUT2D eigenvalue weighted by molar-refractivity contribution is -0.381. The van der Waals surface area contributed by atoms with Gasteiger partial charge in [-0.25, -0.2) is 0 Å². The van der Waals surface area contributed by atoms with Gasteiger partial charge in [0.2, 0.25) is 0 Å². The smallest absolute Gasteiger partial charge is 0.189 e. The van der Waals surface area contributed by atoms with Crippen molar-refractivity contribution in [2.24, 2.45) is 0 Å². The molecule has 0 aromatic carbocycles. The monoisotopic (exact) mass is 504 g/mol. The second kappa shape index (κ2) is 11.6. The van der Waals surface area contributed by atoms with Gasteiger partial charge >= 0.3 is 0 Å². The van der Waals surface area contributed by atoms with Crippen LogP contribution in [0, 0.1) is 0 Å². The molecule has 16 nitrogen and oxygen atoms in total. The maximum absolute atomic E-state index is 10.2. The molecule has 16 heteroatoms. The third-order valence-electron chi connectivity index (χ3n) is 6.06. The summed E-state index contributed by atoms with van der Waals surface area (Å²) >= 11 is 0. The van der Waals surface area contributed by atoms with E-state index in [9.17, 15) is 56.2 Å². The Balaban J connectivity index is 1.64. The van der Waals surface area contributed by atoms with Crippen LogP contribution in [0.1, 0.15) is 0 Å². The summed E-state index contributed by atoms with van der Waals surface area (Å²) in [6, 6.07) is 0. The Bertz CT molecular complexity index is 635. The minimum Gasteiger partial charge on any atom is -0.394 e. The van der Waals surface area contributed by atoms with E-state index < -0.39 is 112 Å². The normalized spacial score (nSPS) is 52.5. The van der Waals surface area contributed by atoms with Crippen LogP contribution in [0.4, 0.5) is 0 Å². The Morgan fingerprint density at radius 1 is 0.441 bits per heavy atom. The van der Waals surface area contributed by atoms with Gasteiger partial charge < -0.3 is 79.9 Å². The highest BCUT2D eigenvalue weighted by atomic mass is 16.8. The topological polar surface area (TPSA) is 269 Å². The van der Waals surface area contributed by atoms with Crippen molar-refractivity contribution >= 4 is 0 Å². The zero-order chi connectivity index (χ0) is 25.3. The third-order valence-corrected chi connectivity index (χ3v) is 6.06. The van der Waals surface area contributed by atoms with Crippen LogP contribution in [0.3, 0.4) is 0 Å². The molecule has 0 aromatic heterocycles. The average molecular weight is 504 g/mol. The number of hydrogen-bond donors (Lipinski definition) is 11. The minimum absolute atomic E-state index is 0.609. The highest BCUT2D eigenvalue weighted by molar-refractivity contribution is 4.93. The molecular weight excluding hydrogens is 472 g/mol. The fourth-order valence-corrected chi connectivity index (χ4v) is 3.87. The summed E-state index contributed by atoms with van der Waals surface area (Å²) in [5, 5.41) is 109. The molecule has 3 aliphatic rings. The molecule has 11 N–H and O–H groups in total. The van der Waals surface area contributed by atoms with Gasteiger partial charge in [0.25, 0.3) is 0 Å². The third kappa shape index (κ3) is 5.52. The van der Waals surface area contributed by atoms with E-state index in [-0.39, 0.29) is 0 Å². The number of rotatable bonds is 7. The summed E-state index contributed by atoms with van der Waals surface area (Å²) in [6.07, 6.45) is -24.9. The highest BCUT2D eigenvalue weighted by Crippen LogP contribution is 2.29. The van der Waals surface area contributed by atoms with E-state index in [4.69, 9.17) is 23.7 Å². The molecular formula is C18H32O16. The highest BCUT2D eigenvalue weighted by Gasteiger charge is 2.50. The molecule has 3 fully saturated rings. The van der Waals surface area contributed by atoms with E-state index in [1.54, 1.807) is 0 Å². The van der Waals surface area contributed by atoms with Crippen LogP contribution in [0.25, 0.3) is 0 Å². The first-order valence-electron chi connectivity index (χ1n) is 10.6. The number of aliphatic hydroxyl groups excluding tert-OH is 11. The summed E-state index contributed by atoms with van der Waals surface area (Å²) in [6.45, 7) is -2.05. The molecule has 0 saturated carbocycles. The molecule has 0 bridgehead atoms. The second-order valence-corrected chi connectivity index (χ2v) is 8.38. The van der Waals surface area contributed by atoms with Crippen molar-refractivity contribution in [1.29, 1.82) is 0 Å². The lowest BCUT2D eigenvalue weighted by Gasteiger charge is -2.45. The van der Waals surface area contributed by atoms with Gasteiger partial charge in [0.05, 0.1) is 19.8 Å². The van der Waals surface area contributed by atoms with E-state index in [0.29, 0.717) is 0 Å². The van der Waals surface area contributed by atoms with E-state index >= 15 is 0 Å². The van der Waals surface area contributed by atoms with Gasteiger partial charge in [-0.05, 0) is 0 Å². The fourth-order valence-electron chi connectivity index (χ4n) is 3.87. The zero-order valence-corrected chi connectivity index (χ0v) is 17.7. The largest absolute Gasteiger partial charge is 0.394 e. The molecule has 0 aliphatic carbocycles. The minimum atomic E-state index is -1.87. The van der Waals surface area contributed by atoms with Crippen LogP contribution in [-0.2, 0) is 23.7 Å². The van der Waals surface area contributed by atoms with Crippen molar-refractivity contribution in [2.75, 3.05) is 19.8 Å². The molecule has 0 amide bonds. The molecule has 15 atom stereocenters. The van der Waals surface area contributed by atoms with Crippen molar-refractivity contribution in [2.45, 2.75) is 92.1 Å². The van der Waals surface area contributed by atoms with E-state index in [1.165, 1.54) is 0 Å². The maximum atomic E-state index is 10.2. The van der Waals surface area contributed by atoms with E-state index in [2.05, 4.69) is 0 Å². The first-order chi connectivity index (χ1) is 16.0. The van der Waals surface area contributed by atoms with Crippen LogP contribution in [0.15, 0.2) is 0 Å². The molecule has 3 saturated heterocycles. The van der Waals surface area contributed by atoms with Crippen LogP contribution in [0.2, 0.25) is 0 Å². The predicted molar refractivity (Wildman–Crippen MR) is 101 cm³/mol. The van der Waals surface area contributed by atoms with E-state index in [1.807, 2.05) is 0 Å². The lowest BCUT2D eigenvalue weighted by atomic mass is 9.98. The summed E-state index contributed by atoms with van der Waals surface area (Å²) in [5.74, 6) is 0. The quantitative estimate of drug-likeness (QED) is 0.154. The fraction of sp³-hybridized carbons (Fsp3) is 1.00. The number of hydrogen-bond acceptors (Lipinski definition) is 16. The Hall–Kier alpha value is -0.640. The van der Waals surface area contributed by atoms with Crippen LogP contribution in [-0.4, -0.2) is 168 Å². The Kier molecular flexibility index (Phi) is 9.54. The maximum Gasteiger partial charge on any atom is 0.189 e. The summed E-state index contributed by atoms with van der Waals surface area (Å²) < 4.78 is 26.3. The van der Waals surface area contributed by atoms with Gasteiger partial charge in [-0.1, -0.05) is 0 Å². The van der Waals surface area contributed by atoms with Gasteiger partial charge in [-0.15, -0.1) is 0 Å². The Labute approximate surface area is 192 Å². The average Bonchev–Trinajstić information content (AvgIpc) is 2.83. The Morgan fingerprint density at radius 2 is 0.794 bits per heavy atom. The Morgan fingerprint density at radius 3 is 1.24 bits per heavy atom. The SMILES string of the molecule is OCC1OC(OCC2OC(OC3OC(CO)C(O)C(O)C3O)C(O)C(O)C2O)C(O)C(O)C1O. The second-order valence-electron chi connectivity index (χ2n) is 8.38. The van der Waals surface area contributed by atoms with E-state index in [0.717, 1.165) is 0 Å².